The van der Waals surface area contributed by atoms with Crippen LogP contribution in [0.15, 0.2) is 47.6 Å². The molecule has 0 aromatic heterocycles. The molecule has 0 amide bonds. The van der Waals surface area contributed by atoms with Crippen molar-refractivity contribution in [1.29, 1.82) is 0 Å². The third kappa shape index (κ3) is 13.8. The Kier molecular flexibility index (Phi) is 17.0. The lowest BCUT2D eigenvalue weighted by Gasteiger charge is -2.44. The summed E-state index contributed by atoms with van der Waals surface area (Å²) in [5, 5.41) is 3.81. The van der Waals surface area contributed by atoms with Crippen LogP contribution < -0.4 is 0 Å². The molecule has 15 nitrogen and oxygen atoms in total. The van der Waals surface area contributed by atoms with Gasteiger partial charge in [0.1, 0.15) is 24.9 Å². The van der Waals surface area contributed by atoms with Crippen molar-refractivity contribution in [2.75, 3.05) is 13.2 Å². The summed E-state index contributed by atoms with van der Waals surface area (Å²) in [5.41, 5.74) is 9.69. The fourth-order valence-electron chi connectivity index (χ4n) is 4.71. The minimum atomic E-state index is -1.52. The maximum atomic E-state index is 13.0. The summed E-state index contributed by atoms with van der Waals surface area (Å²) >= 11 is 0. The van der Waals surface area contributed by atoms with Crippen LogP contribution in [0.3, 0.4) is 0 Å². The summed E-state index contributed by atoms with van der Waals surface area (Å²) in [6.45, 7) is 5.67. The Hall–Kier alpha value is -4.46. The van der Waals surface area contributed by atoms with Gasteiger partial charge in [0.25, 0.3) is 0 Å². The second-order valence-electron chi connectivity index (χ2n) is 10.7. The molecule has 15 heteroatoms. The molecule has 0 aliphatic carbocycles. The maximum Gasteiger partial charge on any atom is 0.338 e. The number of ether oxygens (including phenoxy) is 7. The van der Waals surface area contributed by atoms with Gasteiger partial charge >= 0.3 is 29.8 Å². The lowest BCUT2D eigenvalue weighted by Crippen LogP contribution is -2.63. The first-order valence-electron chi connectivity index (χ1n) is 15.4. The Morgan fingerprint density at radius 3 is 2.13 bits per heavy atom. The number of benzene rings is 1. The Morgan fingerprint density at radius 1 is 0.894 bits per heavy atom. The summed E-state index contributed by atoms with van der Waals surface area (Å²) in [6.07, 6.45) is 0.0249. The first kappa shape index (κ1) is 38.7. The van der Waals surface area contributed by atoms with E-state index in [2.05, 4.69) is 16.9 Å². The maximum absolute atomic E-state index is 13.0. The van der Waals surface area contributed by atoms with Gasteiger partial charge in [0, 0.05) is 32.6 Å². The number of unbranched alkanes of at least 4 members (excludes halogenated alkanes) is 4. The van der Waals surface area contributed by atoms with Gasteiger partial charge in [0.15, 0.2) is 24.6 Å². The number of azide groups is 1. The van der Waals surface area contributed by atoms with Crippen molar-refractivity contribution >= 4 is 29.8 Å². The average Bonchev–Trinajstić information content (AvgIpc) is 3.01. The van der Waals surface area contributed by atoms with Gasteiger partial charge in [-0.1, -0.05) is 55.6 Å². The normalized spacial score (nSPS) is 21.9. The molecule has 0 radical (unpaired) electrons. The van der Waals surface area contributed by atoms with Gasteiger partial charge < -0.3 is 33.2 Å². The van der Waals surface area contributed by atoms with Gasteiger partial charge in [-0.3, -0.25) is 19.2 Å². The topological polar surface area (TPSA) is 199 Å². The molecule has 1 aliphatic heterocycles. The second-order valence-corrected chi connectivity index (χ2v) is 10.7. The van der Waals surface area contributed by atoms with Crippen molar-refractivity contribution < 1.29 is 57.1 Å². The Balaban J connectivity index is 2.43. The van der Waals surface area contributed by atoms with E-state index in [1.165, 1.54) is 0 Å². The predicted octanol–water partition coefficient (Wildman–Crippen LogP) is 4.52. The van der Waals surface area contributed by atoms with E-state index < -0.39 is 85.9 Å². The van der Waals surface area contributed by atoms with Gasteiger partial charge in [0.05, 0.1) is 12.2 Å². The number of nitrogens with zero attached hydrogens (tertiary/aromatic N) is 3. The van der Waals surface area contributed by atoms with Crippen LogP contribution in [0.25, 0.3) is 10.4 Å². The van der Waals surface area contributed by atoms with Gasteiger partial charge in [-0.25, -0.2) is 4.79 Å². The fourth-order valence-corrected chi connectivity index (χ4v) is 4.71. The lowest BCUT2D eigenvalue weighted by molar-refractivity contribution is -0.309. The van der Waals surface area contributed by atoms with Crippen molar-refractivity contribution in [3.05, 3.63) is 58.5 Å². The van der Waals surface area contributed by atoms with E-state index in [0.29, 0.717) is 6.42 Å². The van der Waals surface area contributed by atoms with E-state index in [0.717, 1.165) is 53.4 Å². The fraction of sp³-hybridized carbons (Fsp3) is 0.594. The SMILES string of the molecule is CCCCCC/C=C/[C@@H](OC(=O)c1ccccc1)[C@H](CO[C@H]1O[C@H](COC(C)=O)[C@H](OC(C)=O)[C@H](OC(C)=O)[C@H]1OC(C)=O)N=[N+]=[N-]. The Morgan fingerprint density at radius 2 is 1.53 bits per heavy atom. The first-order chi connectivity index (χ1) is 22.5. The smallest absolute Gasteiger partial charge is 0.338 e. The van der Waals surface area contributed by atoms with Crippen LogP contribution in [0.1, 0.15) is 77.1 Å². The van der Waals surface area contributed by atoms with Crippen LogP contribution in [-0.2, 0) is 52.3 Å². The number of allylic oxidation sites excluding steroid dienone is 1. The largest absolute Gasteiger partial charge is 0.463 e. The predicted molar refractivity (Wildman–Crippen MR) is 164 cm³/mol. The van der Waals surface area contributed by atoms with Crippen molar-refractivity contribution in [3.63, 3.8) is 0 Å². The number of hydrogen-bond donors (Lipinski definition) is 0. The van der Waals surface area contributed by atoms with Crippen molar-refractivity contribution in [2.45, 2.75) is 110 Å². The van der Waals surface area contributed by atoms with Crippen LogP contribution in [0, 0.1) is 0 Å². The summed E-state index contributed by atoms with van der Waals surface area (Å²) in [4.78, 5) is 63.8. The highest BCUT2D eigenvalue weighted by atomic mass is 16.7. The van der Waals surface area contributed by atoms with Crippen LogP contribution in [0.4, 0.5) is 0 Å². The van der Waals surface area contributed by atoms with Gasteiger partial charge in [-0.2, -0.15) is 0 Å². The lowest BCUT2D eigenvalue weighted by atomic mass is 9.98. The van der Waals surface area contributed by atoms with Crippen LogP contribution in [0.2, 0.25) is 0 Å². The number of rotatable bonds is 18. The molecule has 0 spiro atoms. The highest BCUT2D eigenvalue weighted by molar-refractivity contribution is 5.89. The van der Waals surface area contributed by atoms with Gasteiger partial charge in [-0.05, 0) is 36.6 Å². The zero-order valence-corrected chi connectivity index (χ0v) is 27.3. The number of carbonyl (C=O) groups is 5. The average molecular weight is 662 g/mol. The standard InChI is InChI=1S/C32H43N3O12/c1-6-7-8-9-10-14-17-26(46-31(40)24-15-12-11-13-16-24)25(34-35-33)18-42-32-30(45-23(5)39)29(44-22(4)38)28(43-21(3)37)27(47-32)19-41-20(2)36/h11-17,25-30,32H,6-10,18-19H2,1-5H3/b17-14+/t25-,26+,27+,28-,29-,30+,32-/m0/s1. The molecule has 0 unspecified atom stereocenters. The number of carbonyl (C=O) groups excluding carboxylic acids is 5. The summed E-state index contributed by atoms with van der Waals surface area (Å²) < 4.78 is 39.0. The number of esters is 5. The van der Waals surface area contributed by atoms with E-state index in [1.807, 2.05) is 6.08 Å². The summed E-state index contributed by atoms with van der Waals surface area (Å²) in [7, 11) is 0. The molecule has 1 aliphatic rings. The quantitative estimate of drug-likeness (QED) is 0.0406. The minimum Gasteiger partial charge on any atom is -0.463 e. The van der Waals surface area contributed by atoms with Gasteiger partial charge in [-0.15, -0.1) is 0 Å². The molecule has 1 fully saturated rings. The molecule has 7 atom stereocenters. The molecule has 1 heterocycles. The summed E-state index contributed by atoms with van der Waals surface area (Å²) in [6, 6.07) is 7.09. The number of hydrogen-bond acceptors (Lipinski definition) is 13. The molecule has 0 saturated carbocycles. The minimum absolute atomic E-state index is 0.272. The monoisotopic (exact) mass is 661 g/mol. The third-order valence-electron chi connectivity index (χ3n) is 6.76. The first-order valence-corrected chi connectivity index (χ1v) is 15.4. The van der Waals surface area contributed by atoms with Crippen LogP contribution in [-0.4, -0.2) is 85.9 Å². The molecule has 1 aromatic carbocycles. The molecule has 47 heavy (non-hydrogen) atoms. The molecule has 1 aromatic rings. The van der Waals surface area contributed by atoms with Gasteiger partial charge in [0.2, 0.25) is 0 Å². The highest BCUT2D eigenvalue weighted by Gasteiger charge is 2.53. The van der Waals surface area contributed by atoms with Crippen molar-refractivity contribution in [2.24, 2.45) is 5.11 Å². The third-order valence-corrected chi connectivity index (χ3v) is 6.76. The van der Waals surface area contributed by atoms with E-state index in [1.54, 1.807) is 36.4 Å². The van der Waals surface area contributed by atoms with Crippen molar-refractivity contribution in [3.8, 4) is 0 Å². The molecular formula is C32H43N3O12. The molecule has 2 rings (SSSR count). The van der Waals surface area contributed by atoms with Crippen LogP contribution in [0.5, 0.6) is 0 Å². The highest BCUT2D eigenvalue weighted by Crippen LogP contribution is 2.30. The van der Waals surface area contributed by atoms with Crippen LogP contribution >= 0.6 is 0 Å². The summed E-state index contributed by atoms with van der Waals surface area (Å²) in [5.74, 6) is -3.74. The zero-order chi connectivity index (χ0) is 34.8. The molecule has 0 bridgehead atoms. The molecule has 0 N–H and O–H groups in total. The molecular weight excluding hydrogens is 618 g/mol. The van der Waals surface area contributed by atoms with Crippen molar-refractivity contribution in [1.82, 2.24) is 0 Å². The molecule has 1 saturated heterocycles. The van der Waals surface area contributed by atoms with E-state index >= 15 is 0 Å². The Bertz CT molecular complexity index is 1270. The van der Waals surface area contributed by atoms with E-state index in [4.69, 9.17) is 33.2 Å². The molecule has 258 valence electrons. The van der Waals surface area contributed by atoms with E-state index in [-0.39, 0.29) is 5.56 Å². The van der Waals surface area contributed by atoms with E-state index in [9.17, 15) is 29.5 Å². The Labute approximate surface area is 273 Å². The zero-order valence-electron chi connectivity index (χ0n) is 27.3. The second kappa shape index (κ2) is 20.6.